The molecule has 0 spiro atoms. The average molecular weight is 471 g/mol. The summed E-state index contributed by atoms with van der Waals surface area (Å²) in [4.78, 5) is 25.0. The molecule has 0 aliphatic carbocycles. The summed E-state index contributed by atoms with van der Waals surface area (Å²) < 4.78 is 5.27. The van der Waals surface area contributed by atoms with Gasteiger partial charge in [-0.3, -0.25) is 10.1 Å². The van der Waals surface area contributed by atoms with Gasteiger partial charge in [-0.15, -0.1) is 0 Å². The maximum absolute atomic E-state index is 11.9. The number of benzene rings is 3. The Hall–Kier alpha value is -4.24. The lowest BCUT2D eigenvalue weighted by Gasteiger charge is -2.33. The molecule has 1 saturated heterocycles. The van der Waals surface area contributed by atoms with Gasteiger partial charge in [0.1, 0.15) is 11.4 Å². The molecule has 3 aromatic carbocycles. The lowest BCUT2D eigenvalue weighted by atomic mass is 10.0. The standard InChI is InChI=1S/C26H26N6O3/c1-30-12-14-31(15-13-30)23-11-8-20(16-24(23)32(33)34)28-26-27-17-19-4-3-5-22(25(19)29-26)18-6-9-21(35-2)10-7-18/h3-11,16-17H,12-15H2,1-2H3,(H,27,28,29). The number of nitrogens with zero attached hydrogens (tertiary/aromatic N) is 5. The molecular weight excluding hydrogens is 444 g/mol. The topological polar surface area (TPSA) is 96.7 Å². The fourth-order valence-electron chi connectivity index (χ4n) is 4.31. The largest absolute Gasteiger partial charge is 0.497 e. The summed E-state index contributed by atoms with van der Waals surface area (Å²) in [6, 6.07) is 18.9. The van der Waals surface area contributed by atoms with Crippen LogP contribution < -0.4 is 15.0 Å². The van der Waals surface area contributed by atoms with Crippen molar-refractivity contribution < 1.29 is 9.66 Å². The highest BCUT2D eigenvalue weighted by atomic mass is 16.6. The molecule has 1 N–H and O–H groups in total. The molecule has 1 aliphatic heterocycles. The fraction of sp³-hybridized carbons (Fsp3) is 0.231. The van der Waals surface area contributed by atoms with E-state index in [9.17, 15) is 10.1 Å². The minimum atomic E-state index is -0.331. The summed E-state index contributed by atoms with van der Waals surface area (Å²) in [6.07, 6.45) is 1.75. The van der Waals surface area contributed by atoms with Gasteiger partial charge in [0, 0.05) is 55.1 Å². The van der Waals surface area contributed by atoms with Crippen LogP contribution in [-0.2, 0) is 0 Å². The molecule has 178 valence electrons. The van der Waals surface area contributed by atoms with E-state index in [2.05, 4.69) is 27.1 Å². The SMILES string of the molecule is COc1ccc(-c2cccc3cnc(Nc4ccc(N5CCN(C)CC5)c([N+](=O)[O-])c4)nc23)cc1. The van der Waals surface area contributed by atoms with E-state index in [0.717, 1.165) is 54.0 Å². The van der Waals surface area contributed by atoms with Crippen LogP contribution in [0.4, 0.5) is 23.0 Å². The van der Waals surface area contributed by atoms with Crippen molar-refractivity contribution >= 4 is 33.9 Å². The van der Waals surface area contributed by atoms with Gasteiger partial charge in [0.05, 0.1) is 17.5 Å². The molecule has 1 aliphatic rings. The van der Waals surface area contributed by atoms with Crippen LogP contribution in [-0.4, -0.2) is 60.1 Å². The highest BCUT2D eigenvalue weighted by Gasteiger charge is 2.23. The number of nitro groups is 1. The third kappa shape index (κ3) is 4.71. The third-order valence-electron chi connectivity index (χ3n) is 6.28. The molecule has 9 heteroatoms. The number of likely N-dealkylation sites (N-methyl/N-ethyl adjacent to an activating group) is 1. The summed E-state index contributed by atoms with van der Waals surface area (Å²) in [5, 5.41) is 15.9. The Morgan fingerprint density at radius 3 is 2.51 bits per heavy atom. The van der Waals surface area contributed by atoms with Crippen molar-refractivity contribution in [2.24, 2.45) is 0 Å². The minimum absolute atomic E-state index is 0.0688. The molecule has 9 nitrogen and oxygen atoms in total. The fourth-order valence-corrected chi connectivity index (χ4v) is 4.31. The molecule has 1 fully saturated rings. The quantitative estimate of drug-likeness (QED) is 0.320. The Morgan fingerprint density at radius 2 is 1.80 bits per heavy atom. The summed E-state index contributed by atoms with van der Waals surface area (Å²) >= 11 is 0. The number of nitrogens with one attached hydrogen (secondary N) is 1. The first kappa shape index (κ1) is 22.5. The summed E-state index contributed by atoms with van der Waals surface area (Å²) in [6.45, 7) is 3.26. The first-order valence-electron chi connectivity index (χ1n) is 11.4. The second-order valence-corrected chi connectivity index (χ2v) is 8.54. The van der Waals surface area contributed by atoms with Crippen molar-refractivity contribution in [3.8, 4) is 16.9 Å². The van der Waals surface area contributed by atoms with Gasteiger partial charge in [0.15, 0.2) is 0 Å². The van der Waals surface area contributed by atoms with Crippen molar-refractivity contribution in [2.75, 3.05) is 50.6 Å². The van der Waals surface area contributed by atoms with Gasteiger partial charge in [-0.25, -0.2) is 9.97 Å². The van der Waals surface area contributed by atoms with Gasteiger partial charge in [-0.05, 0) is 36.9 Å². The van der Waals surface area contributed by atoms with E-state index in [-0.39, 0.29) is 10.6 Å². The molecule has 0 saturated carbocycles. The van der Waals surface area contributed by atoms with Crippen LogP contribution in [0.25, 0.3) is 22.0 Å². The monoisotopic (exact) mass is 470 g/mol. The number of aromatic nitrogens is 2. The zero-order chi connectivity index (χ0) is 24.4. The van der Waals surface area contributed by atoms with Crippen molar-refractivity contribution in [2.45, 2.75) is 0 Å². The molecule has 0 atom stereocenters. The van der Waals surface area contributed by atoms with Crippen molar-refractivity contribution in [1.82, 2.24) is 14.9 Å². The number of para-hydroxylation sites is 1. The molecule has 4 aromatic rings. The van der Waals surface area contributed by atoms with E-state index >= 15 is 0 Å². The summed E-state index contributed by atoms with van der Waals surface area (Å²) in [7, 11) is 3.70. The summed E-state index contributed by atoms with van der Waals surface area (Å²) in [5.41, 5.74) is 4.03. The number of rotatable bonds is 6. The van der Waals surface area contributed by atoms with Gasteiger partial charge in [0.25, 0.3) is 5.69 Å². The molecular formula is C26H26N6O3. The first-order valence-corrected chi connectivity index (χ1v) is 11.4. The van der Waals surface area contributed by atoms with Crippen LogP contribution in [0.3, 0.4) is 0 Å². The third-order valence-corrected chi connectivity index (χ3v) is 6.28. The Labute approximate surface area is 203 Å². The highest BCUT2D eigenvalue weighted by molar-refractivity contribution is 5.94. The highest BCUT2D eigenvalue weighted by Crippen LogP contribution is 2.33. The van der Waals surface area contributed by atoms with Gasteiger partial charge >= 0.3 is 0 Å². The molecule has 0 bridgehead atoms. The van der Waals surface area contributed by atoms with Crippen LogP contribution in [0, 0.1) is 10.1 Å². The van der Waals surface area contributed by atoms with E-state index in [4.69, 9.17) is 9.72 Å². The average Bonchev–Trinajstić information content (AvgIpc) is 2.89. The van der Waals surface area contributed by atoms with Crippen molar-refractivity contribution in [3.05, 3.63) is 77.0 Å². The normalized spacial score (nSPS) is 14.2. The molecule has 5 rings (SSSR count). The first-order chi connectivity index (χ1) is 17.0. The van der Waals surface area contributed by atoms with E-state index in [1.807, 2.05) is 48.5 Å². The zero-order valence-corrected chi connectivity index (χ0v) is 19.6. The van der Waals surface area contributed by atoms with Crippen LogP contribution >= 0.6 is 0 Å². The van der Waals surface area contributed by atoms with Crippen molar-refractivity contribution in [1.29, 1.82) is 0 Å². The van der Waals surface area contributed by atoms with Crippen LogP contribution in [0.2, 0.25) is 0 Å². The number of fused-ring (bicyclic) bond motifs is 1. The lowest BCUT2D eigenvalue weighted by molar-refractivity contribution is -0.384. The summed E-state index contributed by atoms with van der Waals surface area (Å²) in [5.74, 6) is 1.16. The van der Waals surface area contributed by atoms with Gasteiger partial charge in [-0.1, -0.05) is 30.3 Å². The number of nitro benzene ring substituents is 1. The molecule has 0 radical (unpaired) electrons. The molecule has 0 amide bonds. The second kappa shape index (κ2) is 9.55. The maximum Gasteiger partial charge on any atom is 0.294 e. The van der Waals surface area contributed by atoms with Crippen LogP contribution in [0.5, 0.6) is 5.75 Å². The Kier molecular flexibility index (Phi) is 6.15. The molecule has 35 heavy (non-hydrogen) atoms. The zero-order valence-electron chi connectivity index (χ0n) is 19.6. The lowest BCUT2D eigenvalue weighted by Crippen LogP contribution is -2.44. The van der Waals surface area contributed by atoms with Crippen LogP contribution in [0.1, 0.15) is 0 Å². The minimum Gasteiger partial charge on any atom is -0.497 e. The number of methoxy groups -OCH3 is 1. The van der Waals surface area contributed by atoms with Gasteiger partial charge in [-0.2, -0.15) is 0 Å². The predicted molar refractivity (Wildman–Crippen MR) is 138 cm³/mol. The predicted octanol–water partition coefficient (Wildman–Crippen LogP) is 4.71. The molecule has 2 heterocycles. The van der Waals surface area contributed by atoms with E-state index in [1.54, 1.807) is 25.4 Å². The van der Waals surface area contributed by atoms with Crippen LogP contribution in [0.15, 0.2) is 66.9 Å². The number of hydrogen-bond donors (Lipinski definition) is 1. The van der Waals surface area contributed by atoms with Gasteiger partial charge < -0.3 is 19.9 Å². The number of hydrogen-bond acceptors (Lipinski definition) is 8. The number of anilines is 3. The second-order valence-electron chi connectivity index (χ2n) is 8.54. The molecule has 1 aromatic heterocycles. The Balaban J connectivity index is 1.46. The van der Waals surface area contributed by atoms with Gasteiger partial charge in [0.2, 0.25) is 5.95 Å². The maximum atomic E-state index is 11.9. The Bertz CT molecular complexity index is 1370. The number of ether oxygens (including phenoxy) is 1. The van der Waals surface area contributed by atoms with E-state index in [1.165, 1.54) is 0 Å². The van der Waals surface area contributed by atoms with Crippen molar-refractivity contribution in [3.63, 3.8) is 0 Å². The Morgan fingerprint density at radius 1 is 1.03 bits per heavy atom. The molecule has 0 unspecified atom stereocenters. The van der Waals surface area contributed by atoms with E-state index < -0.39 is 0 Å². The number of piperazine rings is 1. The van der Waals surface area contributed by atoms with E-state index in [0.29, 0.717) is 17.3 Å². The smallest absolute Gasteiger partial charge is 0.294 e.